The van der Waals surface area contributed by atoms with Gasteiger partial charge < -0.3 is 14.8 Å². The molecule has 2 aromatic carbocycles. The average Bonchev–Trinajstić information content (AvgIpc) is 2.69. The normalized spacial score (nSPS) is 11.3. The second kappa shape index (κ2) is 10.3. The van der Waals surface area contributed by atoms with Crippen LogP contribution >= 0.6 is 0 Å². The Kier molecular flexibility index (Phi) is 8.04. The summed E-state index contributed by atoms with van der Waals surface area (Å²) >= 11 is 0. The average molecular weight is 421 g/mol. The minimum absolute atomic E-state index is 0.0717. The van der Waals surface area contributed by atoms with Crippen molar-refractivity contribution in [3.05, 3.63) is 53.6 Å². The van der Waals surface area contributed by atoms with E-state index in [2.05, 4.69) is 23.9 Å². The molecule has 0 spiro atoms. The van der Waals surface area contributed by atoms with Crippen LogP contribution in [0.25, 0.3) is 0 Å². The Morgan fingerprint density at radius 2 is 1.69 bits per heavy atom. The van der Waals surface area contributed by atoms with E-state index in [1.165, 1.54) is 24.8 Å². The van der Waals surface area contributed by atoms with Crippen LogP contribution in [-0.2, 0) is 14.8 Å². The number of hydrogen-bond acceptors (Lipinski definition) is 5. The maximum atomic E-state index is 12.2. The molecule has 0 aliphatic heterocycles. The van der Waals surface area contributed by atoms with Gasteiger partial charge in [-0.2, -0.15) is 0 Å². The maximum absolute atomic E-state index is 12.2. The molecule has 0 aliphatic rings. The highest BCUT2D eigenvalue weighted by molar-refractivity contribution is 7.89. The van der Waals surface area contributed by atoms with Crippen molar-refractivity contribution < 1.29 is 22.7 Å². The van der Waals surface area contributed by atoms with Crippen LogP contribution in [0.3, 0.4) is 0 Å². The second-order valence-electron chi connectivity index (χ2n) is 6.89. The lowest BCUT2D eigenvalue weighted by molar-refractivity contribution is -0.123. The van der Waals surface area contributed by atoms with Crippen LogP contribution in [0.4, 0.5) is 0 Å². The van der Waals surface area contributed by atoms with Gasteiger partial charge in [-0.1, -0.05) is 19.9 Å². The fourth-order valence-electron chi connectivity index (χ4n) is 2.81. The van der Waals surface area contributed by atoms with Gasteiger partial charge in [-0.25, -0.2) is 13.1 Å². The third kappa shape index (κ3) is 6.76. The van der Waals surface area contributed by atoms with Crippen LogP contribution in [0.5, 0.6) is 11.5 Å². The molecule has 0 atom stereocenters. The van der Waals surface area contributed by atoms with Crippen molar-refractivity contribution in [1.82, 2.24) is 10.0 Å². The summed E-state index contributed by atoms with van der Waals surface area (Å²) in [5.41, 5.74) is 2.36. The van der Waals surface area contributed by atoms with E-state index in [4.69, 9.17) is 9.47 Å². The van der Waals surface area contributed by atoms with E-state index in [1.54, 1.807) is 12.1 Å². The van der Waals surface area contributed by atoms with E-state index in [0.717, 1.165) is 5.56 Å². The van der Waals surface area contributed by atoms with Crippen LogP contribution in [0.15, 0.2) is 47.4 Å². The van der Waals surface area contributed by atoms with Gasteiger partial charge in [-0.05, 0) is 60.4 Å². The monoisotopic (exact) mass is 420 g/mol. The topological polar surface area (TPSA) is 93.7 Å². The van der Waals surface area contributed by atoms with Crippen molar-refractivity contribution in [2.45, 2.75) is 31.6 Å². The van der Waals surface area contributed by atoms with Crippen molar-refractivity contribution in [3.8, 4) is 11.5 Å². The molecular formula is C21H28N2O5S. The summed E-state index contributed by atoms with van der Waals surface area (Å²) in [6.45, 7) is 6.35. The van der Waals surface area contributed by atoms with Gasteiger partial charge in [0.25, 0.3) is 5.91 Å². The lowest BCUT2D eigenvalue weighted by Gasteiger charge is -2.12. The molecule has 0 bridgehead atoms. The smallest absolute Gasteiger partial charge is 0.257 e. The van der Waals surface area contributed by atoms with E-state index < -0.39 is 10.0 Å². The van der Waals surface area contributed by atoms with E-state index in [1.807, 2.05) is 25.1 Å². The number of hydrogen-bond donors (Lipinski definition) is 2. The Balaban J connectivity index is 1.74. The van der Waals surface area contributed by atoms with Gasteiger partial charge in [0.15, 0.2) is 6.61 Å². The molecule has 0 saturated carbocycles. The highest BCUT2D eigenvalue weighted by Gasteiger charge is 2.13. The maximum Gasteiger partial charge on any atom is 0.257 e. The molecule has 2 N–H and O–H groups in total. The third-order valence-corrected chi connectivity index (χ3v) is 5.82. The molecular weight excluding hydrogens is 392 g/mol. The molecule has 2 aromatic rings. The lowest BCUT2D eigenvalue weighted by Crippen LogP contribution is -2.36. The second-order valence-corrected chi connectivity index (χ2v) is 8.65. The first-order valence-electron chi connectivity index (χ1n) is 9.36. The number of rotatable bonds is 10. The number of nitrogens with one attached hydrogen (secondary N) is 2. The molecule has 2 rings (SSSR count). The van der Waals surface area contributed by atoms with Crippen molar-refractivity contribution in [2.75, 3.05) is 26.8 Å². The Bertz CT molecular complexity index is 925. The van der Waals surface area contributed by atoms with Gasteiger partial charge in [0.1, 0.15) is 11.5 Å². The number of methoxy groups -OCH3 is 1. The first-order chi connectivity index (χ1) is 13.7. The molecule has 0 radical (unpaired) electrons. The predicted octanol–water partition coefficient (Wildman–Crippen LogP) is 2.60. The minimum Gasteiger partial charge on any atom is -0.497 e. The first-order valence-corrected chi connectivity index (χ1v) is 10.8. The summed E-state index contributed by atoms with van der Waals surface area (Å²) < 4.78 is 37.4. The van der Waals surface area contributed by atoms with Gasteiger partial charge >= 0.3 is 0 Å². The van der Waals surface area contributed by atoms with Crippen molar-refractivity contribution >= 4 is 15.9 Å². The zero-order valence-electron chi connectivity index (χ0n) is 17.2. The summed E-state index contributed by atoms with van der Waals surface area (Å²) in [5.74, 6) is 1.31. The van der Waals surface area contributed by atoms with Gasteiger partial charge in [0.05, 0.1) is 12.0 Å². The number of benzene rings is 2. The number of amides is 1. The highest BCUT2D eigenvalue weighted by Crippen LogP contribution is 2.23. The van der Waals surface area contributed by atoms with E-state index in [9.17, 15) is 13.2 Å². The molecule has 0 heterocycles. The SMILES string of the molecule is COc1ccc(S(=O)(=O)NCCNC(=O)COc2ccc(C(C)C)c(C)c2)cc1. The third-order valence-electron chi connectivity index (χ3n) is 4.34. The Morgan fingerprint density at radius 1 is 1.03 bits per heavy atom. The fourth-order valence-corrected chi connectivity index (χ4v) is 3.84. The number of carbonyl (C=O) groups is 1. The molecule has 0 fully saturated rings. The first kappa shape index (κ1) is 22.7. The minimum atomic E-state index is -3.64. The molecule has 0 saturated heterocycles. The molecule has 0 unspecified atom stereocenters. The molecule has 29 heavy (non-hydrogen) atoms. The molecule has 7 nitrogen and oxygen atoms in total. The Labute approximate surface area is 172 Å². The fraction of sp³-hybridized carbons (Fsp3) is 0.381. The molecule has 158 valence electrons. The summed E-state index contributed by atoms with van der Waals surface area (Å²) in [4.78, 5) is 12.0. The largest absolute Gasteiger partial charge is 0.497 e. The molecule has 0 aliphatic carbocycles. The lowest BCUT2D eigenvalue weighted by atomic mass is 9.98. The van der Waals surface area contributed by atoms with Gasteiger partial charge in [-0.3, -0.25) is 4.79 Å². The van der Waals surface area contributed by atoms with Crippen LogP contribution in [-0.4, -0.2) is 41.1 Å². The van der Waals surface area contributed by atoms with Crippen molar-refractivity contribution in [1.29, 1.82) is 0 Å². The van der Waals surface area contributed by atoms with E-state index in [-0.39, 0.29) is 30.5 Å². The van der Waals surface area contributed by atoms with Crippen LogP contribution in [0.1, 0.15) is 30.9 Å². The number of sulfonamides is 1. The summed E-state index contributed by atoms with van der Waals surface area (Å²) in [6.07, 6.45) is 0. The molecule has 1 amide bonds. The van der Waals surface area contributed by atoms with Crippen LogP contribution in [0, 0.1) is 6.92 Å². The quantitative estimate of drug-likeness (QED) is 0.576. The zero-order chi connectivity index (χ0) is 21.4. The number of carbonyl (C=O) groups excluding carboxylic acids is 1. The highest BCUT2D eigenvalue weighted by atomic mass is 32.2. The summed E-state index contributed by atoms with van der Waals surface area (Å²) in [6, 6.07) is 11.8. The standard InChI is InChI=1S/C21H28N2O5S/c1-15(2)20-10-7-18(13-16(20)3)28-14-21(24)22-11-12-23-29(25,26)19-8-5-17(27-4)6-9-19/h5-10,13,15,23H,11-12,14H2,1-4H3,(H,22,24). The van der Waals surface area contributed by atoms with Gasteiger partial charge in [0.2, 0.25) is 10.0 Å². The molecule has 8 heteroatoms. The van der Waals surface area contributed by atoms with E-state index >= 15 is 0 Å². The van der Waals surface area contributed by atoms with Crippen molar-refractivity contribution in [3.63, 3.8) is 0 Å². The van der Waals surface area contributed by atoms with E-state index in [0.29, 0.717) is 17.4 Å². The van der Waals surface area contributed by atoms with Gasteiger partial charge in [-0.15, -0.1) is 0 Å². The summed E-state index contributed by atoms with van der Waals surface area (Å²) in [7, 11) is -2.13. The van der Waals surface area contributed by atoms with Crippen LogP contribution < -0.4 is 19.5 Å². The number of aryl methyl sites for hydroxylation is 1. The van der Waals surface area contributed by atoms with Crippen LogP contribution in [0.2, 0.25) is 0 Å². The van der Waals surface area contributed by atoms with Crippen molar-refractivity contribution in [2.24, 2.45) is 0 Å². The Morgan fingerprint density at radius 3 is 2.28 bits per heavy atom. The zero-order valence-corrected chi connectivity index (χ0v) is 18.0. The predicted molar refractivity (Wildman–Crippen MR) is 112 cm³/mol. The Hall–Kier alpha value is -2.58. The van der Waals surface area contributed by atoms with Gasteiger partial charge in [0, 0.05) is 13.1 Å². The summed E-state index contributed by atoms with van der Waals surface area (Å²) in [5, 5.41) is 2.63. The number of ether oxygens (including phenoxy) is 2. The molecule has 0 aromatic heterocycles.